The number of carbonyl (C=O) groups is 1. The minimum absolute atomic E-state index is 0.158. The van der Waals surface area contributed by atoms with Crippen LogP contribution < -0.4 is 0 Å². The Morgan fingerprint density at radius 2 is 2.11 bits per heavy atom. The van der Waals surface area contributed by atoms with Gasteiger partial charge in [0.2, 0.25) is 10.0 Å². The highest BCUT2D eigenvalue weighted by atomic mass is 32.2. The molecule has 1 N–H and O–H groups in total. The lowest BCUT2D eigenvalue weighted by atomic mass is 10.1. The van der Waals surface area contributed by atoms with Crippen molar-refractivity contribution in [1.82, 2.24) is 4.31 Å². The van der Waals surface area contributed by atoms with E-state index in [1.807, 2.05) is 0 Å². The molecule has 6 nitrogen and oxygen atoms in total. The number of nitrogens with zero attached hydrogens (tertiary/aromatic N) is 1. The van der Waals surface area contributed by atoms with Gasteiger partial charge < -0.3 is 9.84 Å². The predicted molar refractivity (Wildman–Crippen MR) is 64.7 cm³/mol. The first-order valence-electron chi connectivity index (χ1n) is 6.06. The van der Waals surface area contributed by atoms with E-state index >= 15 is 0 Å². The number of carboxylic acid groups (broad SMARTS) is 1. The summed E-state index contributed by atoms with van der Waals surface area (Å²) in [4.78, 5) is 10.8. The van der Waals surface area contributed by atoms with Crippen LogP contribution >= 0.6 is 0 Å². The molecule has 0 amide bonds. The van der Waals surface area contributed by atoms with Crippen LogP contribution in [0.4, 0.5) is 0 Å². The van der Waals surface area contributed by atoms with Gasteiger partial charge >= 0.3 is 5.97 Å². The monoisotopic (exact) mass is 277 g/mol. The van der Waals surface area contributed by atoms with Crippen molar-refractivity contribution in [3.8, 4) is 0 Å². The lowest BCUT2D eigenvalue weighted by Crippen LogP contribution is -2.43. The van der Waals surface area contributed by atoms with Crippen LogP contribution in [0, 0.1) is 0 Å². The molecule has 0 aromatic heterocycles. The molecule has 7 heteroatoms. The second kappa shape index (κ2) is 4.47. The number of methoxy groups -OCH3 is 1. The number of ether oxygens (including phenoxy) is 1. The zero-order chi connectivity index (χ0) is 13.6. The van der Waals surface area contributed by atoms with Crippen LogP contribution in [0.5, 0.6) is 0 Å². The molecule has 1 heterocycles. The average molecular weight is 277 g/mol. The molecular weight excluding hydrogens is 258 g/mol. The Bertz CT molecular complexity index is 442. The minimum atomic E-state index is -3.41. The van der Waals surface area contributed by atoms with E-state index in [9.17, 15) is 13.2 Å². The summed E-state index contributed by atoms with van der Waals surface area (Å²) in [5.74, 6) is -0.974. The molecule has 0 spiro atoms. The molecular formula is C11H19NO5S. The van der Waals surface area contributed by atoms with E-state index < -0.39 is 26.8 Å². The maximum absolute atomic E-state index is 12.4. The van der Waals surface area contributed by atoms with E-state index in [0.29, 0.717) is 19.3 Å². The van der Waals surface area contributed by atoms with Gasteiger partial charge in [0.25, 0.3) is 0 Å². The van der Waals surface area contributed by atoms with E-state index in [1.165, 1.54) is 11.4 Å². The van der Waals surface area contributed by atoms with E-state index in [2.05, 4.69) is 0 Å². The fraction of sp³-hybridized carbons (Fsp3) is 0.909. The fourth-order valence-corrected chi connectivity index (χ4v) is 4.51. The van der Waals surface area contributed by atoms with E-state index in [-0.39, 0.29) is 19.1 Å². The minimum Gasteiger partial charge on any atom is -0.481 e. The second-order valence-electron chi connectivity index (χ2n) is 5.37. The second-order valence-corrected chi connectivity index (χ2v) is 7.77. The number of sulfonamides is 1. The molecule has 1 aliphatic carbocycles. The van der Waals surface area contributed by atoms with Crippen LogP contribution in [0.1, 0.15) is 32.6 Å². The Kier molecular flexibility index (Phi) is 3.42. The maximum Gasteiger partial charge on any atom is 0.304 e. The Morgan fingerprint density at radius 1 is 1.50 bits per heavy atom. The third-order valence-corrected chi connectivity index (χ3v) is 6.67. The van der Waals surface area contributed by atoms with Crippen molar-refractivity contribution in [2.45, 2.75) is 49.5 Å². The van der Waals surface area contributed by atoms with Crippen molar-refractivity contribution in [1.29, 1.82) is 0 Å². The molecule has 1 saturated carbocycles. The fourth-order valence-electron chi connectivity index (χ4n) is 2.41. The summed E-state index contributed by atoms with van der Waals surface area (Å²) in [6, 6.07) is -0.477. The summed E-state index contributed by atoms with van der Waals surface area (Å²) in [7, 11) is -1.89. The van der Waals surface area contributed by atoms with Gasteiger partial charge in [-0.2, -0.15) is 4.31 Å². The molecule has 1 aliphatic heterocycles. The number of hydrogen-bond donors (Lipinski definition) is 1. The molecule has 0 aromatic carbocycles. The van der Waals surface area contributed by atoms with Gasteiger partial charge in [-0.15, -0.1) is 0 Å². The third-order valence-electron chi connectivity index (χ3n) is 3.96. The van der Waals surface area contributed by atoms with Gasteiger partial charge in [0, 0.05) is 19.7 Å². The largest absolute Gasteiger partial charge is 0.481 e. The topological polar surface area (TPSA) is 83.9 Å². The van der Waals surface area contributed by atoms with Crippen LogP contribution in [0.2, 0.25) is 0 Å². The van der Waals surface area contributed by atoms with Gasteiger partial charge in [0.1, 0.15) is 0 Å². The third kappa shape index (κ3) is 2.26. The molecule has 0 radical (unpaired) electrons. The summed E-state index contributed by atoms with van der Waals surface area (Å²) in [5, 5.41) is 8.87. The van der Waals surface area contributed by atoms with Crippen LogP contribution in [-0.2, 0) is 19.6 Å². The van der Waals surface area contributed by atoms with Crippen molar-refractivity contribution in [2.75, 3.05) is 13.7 Å². The number of aliphatic carboxylic acids is 1. The first-order valence-corrected chi connectivity index (χ1v) is 7.50. The van der Waals surface area contributed by atoms with Crippen LogP contribution in [0.15, 0.2) is 0 Å². The summed E-state index contributed by atoms with van der Waals surface area (Å²) >= 11 is 0. The number of carboxylic acids is 1. The SMILES string of the molecule is COC1CC(CC(=O)O)N(S(=O)(=O)C2(C)CC2)C1. The van der Waals surface area contributed by atoms with E-state index in [0.717, 1.165) is 0 Å². The summed E-state index contributed by atoms with van der Waals surface area (Å²) in [5.41, 5.74) is 0. The molecule has 2 fully saturated rings. The lowest BCUT2D eigenvalue weighted by molar-refractivity contribution is -0.137. The van der Waals surface area contributed by atoms with Gasteiger partial charge in [-0.3, -0.25) is 4.79 Å². The van der Waals surface area contributed by atoms with Crippen molar-refractivity contribution in [3.63, 3.8) is 0 Å². The standard InChI is InChI=1S/C11H19NO5S/c1-11(3-4-11)18(15,16)12-7-9(17-2)5-8(12)6-10(13)14/h8-9H,3-7H2,1-2H3,(H,13,14). The van der Waals surface area contributed by atoms with Crippen molar-refractivity contribution in [2.24, 2.45) is 0 Å². The van der Waals surface area contributed by atoms with Crippen LogP contribution in [0.25, 0.3) is 0 Å². The highest BCUT2D eigenvalue weighted by molar-refractivity contribution is 7.90. The average Bonchev–Trinajstić information content (AvgIpc) is 2.90. The lowest BCUT2D eigenvalue weighted by Gasteiger charge is -2.26. The number of hydrogen-bond acceptors (Lipinski definition) is 4. The van der Waals surface area contributed by atoms with Crippen molar-refractivity contribution < 1.29 is 23.1 Å². The highest BCUT2D eigenvalue weighted by Gasteiger charge is 2.56. The van der Waals surface area contributed by atoms with Gasteiger partial charge in [0.15, 0.2) is 0 Å². The molecule has 1 saturated heterocycles. The number of rotatable bonds is 5. The van der Waals surface area contributed by atoms with Gasteiger partial charge in [-0.05, 0) is 26.2 Å². The van der Waals surface area contributed by atoms with Crippen molar-refractivity contribution >= 4 is 16.0 Å². The molecule has 0 bridgehead atoms. The van der Waals surface area contributed by atoms with Gasteiger partial charge in [0.05, 0.1) is 17.3 Å². The van der Waals surface area contributed by atoms with Gasteiger partial charge in [-0.25, -0.2) is 8.42 Å². The van der Waals surface area contributed by atoms with E-state index in [4.69, 9.17) is 9.84 Å². The molecule has 18 heavy (non-hydrogen) atoms. The quantitative estimate of drug-likeness (QED) is 0.788. The molecule has 2 aliphatic rings. The molecule has 2 unspecified atom stereocenters. The maximum atomic E-state index is 12.4. The van der Waals surface area contributed by atoms with Gasteiger partial charge in [-0.1, -0.05) is 0 Å². The van der Waals surface area contributed by atoms with Crippen LogP contribution in [-0.4, -0.2) is 54.3 Å². The molecule has 2 rings (SSSR count). The highest BCUT2D eigenvalue weighted by Crippen LogP contribution is 2.46. The smallest absolute Gasteiger partial charge is 0.304 e. The Labute approximate surface area is 107 Å². The first kappa shape index (κ1) is 13.8. The summed E-state index contributed by atoms with van der Waals surface area (Å²) < 4.78 is 30.7. The Morgan fingerprint density at radius 3 is 2.56 bits per heavy atom. The summed E-state index contributed by atoms with van der Waals surface area (Å²) in [6.07, 6.45) is 1.41. The zero-order valence-corrected chi connectivity index (χ0v) is 11.4. The zero-order valence-electron chi connectivity index (χ0n) is 10.6. The van der Waals surface area contributed by atoms with E-state index in [1.54, 1.807) is 6.92 Å². The molecule has 0 aromatic rings. The predicted octanol–water partition coefficient (Wildman–Crippen LogP) is 0.433. The Balaban J connectivity index is 2.21. The normalized spacial score (nSPS) is 31.4. The van der Waals surface area contributed by atoms with Crippen LogP contribution in [0.3, 0.4) is 0 Å². The molecule has 104 valence electrons. The first-order chi connectivity index (χ1) is 8.30. The Hall–Kier alpha value is -0.660. The van der Waals surface area contributed by atoms with Crippen molar-refractivity contribution in [3.05, 3.63) is 0 Å². The summed E-state index contributed by atoms with van der Waals surface area (Å²) in [6.45, 7) is 1.99. The molecule has 2 atom stereocenters.